The van der Waals surface area contributed by atoms with E-state index in [4.69, 9.17) is 21.1 Å². The Morgan fingerprint density at radius 3 is 2.57 bits per heavy atom. The summed E-state index contributed by atoms with van der Waals surface area (Å²) in [5.74, 6) is -0.290. The van der Waals surface area contributed by atoms with E-state index in [1.54, 1.807) is 43.5 Å². The van der Waals surface area contributed by atoms with Gasteiger partial charge in [-0.2, -0.15) is 0 Å². The van der Waals surface area contributed by atoms with Crippen molar-refractivity contribution in [2.45, 2.75) is 44.3 Å². The average Bonchev–Trinajstić information content (AvgIpc) is 3.19. The lowest BCUT2D eigenvalue weighted by molar-refractivity contribution is -0.136. The first-order chi connectivity index (χ1) is 16.6. The van der Waals surface area contributed by atoms with Crippen LogP contribution in [0.25, 0.3) is 0 Å². The average molecular weight is 494 g/mol. The molecular formula is C28H28ClNO5. The number of hydrogen-bond donors (Lipinski definition) is 2. The lowest BCUT2D eigenvalue weighted by Gasteiger charge is -2.36. The largest absolute Gasteiger partial charge is 0.496 e. The number of aliphatic hydroxyl groups is 1. The third kappa shape index (κ3) is 5.34. The van der Waals surface area contributed by atoms with E-state index in [9.17, 15) is 14.7 Å². The van der Waals surface area contributed by atoms with E-state index in [2.05, 4.69) is 5.32 Å². The summed E-state index contributed by atoms with van der Waals surface area (Å²) in [4.78, 5) is 25.4. The zero-order chi connectivity index (χ0) is 25.2. The van der Waals surface area contributed by atoms with E-state index in [1.165, 1.54) is 0 Å². The normalized spacial score (nSPS) is 14.6. The number of benzene rings is 3. The van der Waals surface area contributed by atoms with Gasteiger partial charge in [0.25, 0.3) is 5.91 Å². The highest BCUT2D eigenvalue weighted by Crippen LogP contribution is 2.40. The van der Waals surface area contributed by atoms with Crippen molar-refractivity contribution < 1.29 is 24.2 Å². The first-order valence-corrected chi connectivity index (χ1v) is 11.7. The molecule has 0 aromatic heterocycles. The topological polar surface area (TPSA) is 84.9 Å². The van der Waals surface area contributed by atoms with Crippen LogP contribution in [0.4, 0.5) is 5.69 Å². The molecule has 0 bridgehead atoms. The Hall–Kier alpha value is -3.35. The van der Waals surface area contributed by atoms with Crippen molar-refractivity contribution in [2.24, 2.45) is 0 Å². The minimum Gasteiger partial charge on any atom is -0.496 e. The Labute approximate surface area is 209 Å². The molecule has 0 saturated heterocycles. The third-order valence-corrected chi connectivity index (χ3v) is 6.56. The molecule has 182 valence electrons. The summed E-state index contributed by atoms with van der Waals surface area (Å²) in [7, 11) is 1.58. The van der Waals surface area contributed by atoms with Crippen LogP contribution in [-0.4, -0.2) is 29.7 Å². The van der Waals surface area contributed by atoms with Crippen molar-refractivity contribution in [2.75, 3.05) is 12.4 Å². The maximum absolute atomic E-state index is 13.6. The fourth-order valence-electron chi connectivity index (χ4n) is 4.65. The lowest BCUT2D eigenvalue weighted by Crippen LogP contribution is -2.49. The smallest absolute Gasteiger partial charge is 0.338 e. The molecule has 1 aliphatic heterocycles. The maximum atomic E-state index is 13.6. The number of rotatable bonds is 8. The van der Waals surface area contributed by atoms with Gasteiger partial charge in [-0.05, 0) is 53.8 Å². The van der Waals surface area contributed by atoms with Gasteiger partial charge in [0, 0.05) is 28.3 Å². The third-order valence-electron chi connectivity index (χ3n) is 6.33. The van der Waals surface area contributed by atoms with Crippen LogP contribution in [0.5, 0.6) is 5.75 Å². The number of carbonyl (C=O) groups is 2. The zero-order valence-corrected chi connectivity index (χ0v) is 20.7. The molecule has 0 saturated carbocycles. The molecular weight excluding hydrogens is 466 g/mol. The molecule has 1 atom stereocenters. The number of amides is 1. The predicted molar refractivity (Wildman–Crippen MR) is 135 cm³/mol. The minimum atomic E-state index is -1.76. The fraction of sp³-hybridized carbons (Fsp3) is 0.286. The minimum absolute atomic E-state index is 0.101. The monoisotopic (exact) mass is 493 g/mol. The Morgan fingerprint density at radius 1 is 1.11 bits per heavy atom. The second-order valence-corrected chi connectivity index (χ2v) is 9.94. The van der Waals surface area contributed by atoms with Gasteiger partial charge in [0.1, 0.15) is 18.0 Å². The summed E-state index contributed by atoms with van der Waals surface area (Å²) in [6.07, 6.45) is 0.211. The molecule has 0 aliphatic carbocycles. The number of esters is 1. The van der Waals surface area contributed by atoms with Crippen LogP contribution in [-0.2, 0) is 28.0 Å². The molecule has 0 fully saturated rings. The van der Waals surface area contributed by atoms with E-state index in [1.807, 2.05) is 44.2 Å². The van der Waals surface area contributed by atoms with E-state index >= 15 is 0 Å². The molecule has 3 aromatic rings. The van der Waals surface area contributed by atoms with Gasteiger partial charge in [0.2, 0.25) is 0 Å². The number of carbonyl (C=O) groups excluding carboxylic acids is 2. The van der Waals surface area contributed by atoms with Crippen LogP contribution in [0.1, 0.15) is 47.3 Å². The standard InChI is InChI=1S/C28H28ClNO5/c1-27(2,23-14-20(29)9-12-24(23)34-3)17-28(33,15-18-7-5-4-6-8-18)26(32)30-21-10-11-22-19(13-21)16-35-25(22)31/h4-14,33H,15-17H2,1-3H3,(H,30,32). The van der Waals surface area contributed by atoms with Gasteiger partial charge < -0.3 is 19.9 Å². The summed E-state index contributed by atoms with van der Waals surface area (Å²) in [6.45, 7) is 4.05. The summed E-state index contributed by atoms with van der Waals surface area (Å²) >= 11 is 6.28. The highest BCUT2D eigenvalue weighted by atomic mass is 35.5. The van der Waals surface area contributed by atoms with Gasteiger partial charge >= 0.3 is 5.97 Å². The highest BCUT2D eigenvalue weighted by molar-refractivity contribution is 6.30. The van der Waals surface area contributed by atoms with Crippen molar-refractivity contribution in [1.82, 2.24) is 0 Å². The second kappa shape index (κ2) is 9.72. The molecule has 0 radical (unpaired) electrons. The first kappa shape index (κ1) is 24.8. The molecule has 1 aliphatic rings. The van der Waals surface area contributed by atoms with Gasteiger partial charge in [-0.3, -0.25) is 4.79 Å². The van der Waals surface area contributed by atoms with Crippen molar-refractivity contribution in [1.29, 1.82) is 0 Å². The second-order valence-electron chi connectivity index (χ2n) is 9.50. The summed E-state index contributed by atoms with van der Waals surface area (Å²) < 4.78 is 10.6. The van der Waals surface area contributed by atoms with Crippen LogP contribution in [0.2, 0.25) is 5.02 Å². The zero-order valence-electron chi connectivity index (χ0n) is 19.9. The Bertz CT molecular complexity index is 1260. The van der Waals surface area contributed by atoms with Gasteiger partial charge in [-0.15, -0.1) is 0 Å². The molecule has 7 heteroatoms. The molecule has 4 rings (SSSR count). The summed E-state index contributed by atoms with van der Waals surface area (Å²) in [5.41, 5.74) is 0.850. The number of cyclic esters (lactones) is 1. The number of halogens is 1. The molecule has 0 spiro atoms. The molecule has 1 heterocycles. The van der Waals surface area contributed by atoms with Crippen LogP contribution >= 0.6 is 11.6 Å². The Kier molecular flexibility index (Phi) is 6.88. The number of anilines is 1. The molecule has 2 N–H and O–H groups in total. The van der Waals surface area contributed by atoms with Crippen LogP contribution < -0.4 is 10.1 Å². The number of ether oxygens (including phenoxy) is 2. The maximum Gasteiger partial charge on any atom is 0.338 e. The Balaban J connectivity index is 1.67. The number of hydrogen-bond acceptors (Lipinski definition) is 5. The van der Waals surface area contributed by atoms with Gasteiger partial charge in [0.15, 0.2) is 0 Å². The van der Waals surface area contributed by atoms with Crippen molar-refractivity contribution in [3.63, 3.8) is 0 Å². The Morgan fingerprint density at radius 2 is 1.86 bits per heavy atom. The first-order valence-electron chi connectivity index (χ1n) is 11.3. The van der Waals surface area contributed by atoms with E-state index in [-0.39, 0.29) is 25.4 Å². The van der Waals surface area contributed by atoms with Crippen molar-refractivity contribution in [3.8, 4) is 5.75 Å². The molecule has 6 nitrogen and oxygen atoms in total. The quantitative estimate of drug-likeness (QED) is 0.416. The summed E-state index contributed by atoms with van der Waals surface area (Å²) in [5, 5.41) is 15.3. The van der Waals surface area contributed by atoms with Gasteiger partial charge in [-0.25, -0.2) is 4.79 Å². The number of fused-ring (bicyclic) bond motifs is 1. The highest BCUT2D eigenvalue weighted by Gasteiger charge is 2.43. The SMILES string of the molecule is COc1ccc(Cl)cc1C(C)(C)CC(O)(Cc1ccccc1)C(=O)Nc1ccc2c(c1)COC2=O. The van der Waals surface area contributed by atoms with E-state index < -0.39 is 16.9 Å². The fourth-order valence-corrected chi connectivity index (χ4v) is 4.82. The molecule has 1 unspecified atom stereocenters. The van der Waals surface area contributed by atoms with Crippen LogP contribution in [0.15, 0.2) is 66.7 Å². The van der Waals surface area contributed by atoms with E-state index in [0.717, 1.165) is 11.1 Å². The predicted octanol–water partition coefficient (Wildman–Crippen LogP) is 5.30. The molecule has 1 amide bonds. The van der Waals surface area contributed by atoms with Crippen LogP contribution in [0.3, 0.4) is 0 Å². The number of methoxy groups -OCH3 is 1. The summed E-state index contributed by atoms with van der Waals surface area (Å²) in [6, 6.07) is 19.7. The number of nitrogens with one attached hydrogen (secondary N) is 1. The van der Waals surface area contributed by atoms with Crippen LogP contribution in [0, 0.1) is 0 Å². The van der Waals surface area contributed by atoms with Gasteiger partial charge in [-0.1, -0.05) is 55.8 Å². The molecule has 35 heavy (non-hydrogen) atoms. The lowest BCUT2D eigenvalue weighted by atomic mass is 9.72. The van der Waals surface area contributed by atoms with Crippen molar-refractivity contribution >= 4 is 29.2 Å². The molecule has 3 aromatic carbocycles. The van der Waals surface area contributed by atoms with Crippen molar-refractivity contribution in [3.05, 3.63) is 94.0 Å². The van der Waals surface area contributed by atoms with Gasteiger partial charge in [0.05, 0.1) is 12.7 Å². The van der Waals surface area contributed by atoms with E-state index in [0.29, 0.717) is 27.6 Å².